The van der Waals surface area contributed by atoms with Gasteiger partial charge in [-0.15, -0.1) is 0 Å². The van der Waals surface area contributed by atoms with Crippen molar-refractivity contribution in [3.8, 4) is 45.3 Å². The molecule has 214 valence electrons. The Labute approximate surface area is 251 Å². The molecule has 4 aliphatic rings. The highest BCUT2D eigenvalue weighted by molar-refractivity contribution is 7.48. The number of hydrogen-bond acceptors (Lipinski definition) is 6. The van der Waals surface area contributed by atoms with Crippen LogP contribution >= 0.6 is 7.82 Å². The second-order valence-corrected chi connectivity index (χ2v) is 12.9. The maximum atomic E-state index is 14.1. The third-order valence-electron chi connectivity index (χ3n) is 9.28. The van der Waals surface area contributed by atoms with Gasteiger partial charge in [-0.1, -0.05) is 84.9 Å². The summed E-state index contributed by atoms with van der Waals surface area (Å²) in [5.41, 5.74) is 4.46. The molecule has 1 fully saturated rings. The van der Waals surface area contributed by atoms with Crippen molar-refractivity contribution in [2.75, 3.05) is 0 Å². The Morgan fingerprint density at radius 2 is 0.977 bits per heavy atom. The van der Waals surface area contributed by atoms with Crippen molar-refractivity contribution < 1.29 is 32.7 Å². The van der Waals surface area contributed by atoms with Crippen molar-refractivity contribution in [1.29, 1.82) is 0 Å². The molecule has 0 saturated carbocycles. The minimum absolute atomic E-state index is 0.259. The number of phosphoric ester groups is 1. The van der Waals surface area contributed by atoms with E-state index in [1.54, 1.807) is 0 Å². The molecule has 44 heavy (non-hydrogen) atoms. The second-order valence-electron chi connectivity index (χ2n) is 11.6. The van der Waals surface area contributed by atoms with Gasteiger partial charge in [-0.05, 0) is 56.9 Å². The molecule has 7 nitrogen and oxygen atoms in total. The van der Waals surface area contributed by atoms with E-state index in [-0.39, 0.29) is 23.3 Å². The molecule has 0 bridgehead atoms. The summed E-state index contributed by atoms with van der Waals surface area (Å²) in [6.07, 6.45) is -1.30. The normalized spacial score (nSPS) is 25.3. The van der Waals surface area contributed by atoms with Crippen LogP contribution < -0.4 is 18.5 Å². The average Bonchev–Trinajstić information content (AvgIpc) is 3.69. The van der Waals surface area contributed by atoms with Gasteiger partial charge in [-0.25, -0.2) is 4.57 Å². The largest absolute Gasteiger partial charge is 0.584 e. The first-order valence-corrected chi connectivity index (χ1v) is 16.0. The van der Waals surface area contributed by atoms with Crippen molar-refractivity contribution >= 4 is 29.4 Å². The van der Waals surface area contributed by atoms with Gasteiger partial charge in [-0.2, -0.15) is 0 Å². The summed E-state index contributed by atoms with van der Waals surface area (Å²) in [6.45, 7) is 0. The van der Waals surface area contributed by atoms with E-state index in [2.05, 4.69) is 0 Å². The van der Waals surface area contributed by atoms with Gasteiger partial charge in [0, 0.05) is 22.3 Å². The van der Waals surface area contributed by atoms with Crippen LogP contribution in [0.2, 0.25) is 0 Å². The molecule has 0 aromatic heterocycles. The van der Waals surface area contributed by atoms with Crippen LogP contribution in [-0.2, 0) is 9.30 Å². The van der Waals surface area contributed by atoms with Crippen molar-refractivity contribution in [1.82, 2.24) is 0 Å². The topological polar surface area (TPSA) is 83.5 Å². The fraction of sp³-hybridized carbons (Fsp3) is 0.111. The van der Waals surface area contributed by atoms with Crippen molar-refractivity contribution in [2.24, 2.45) is 0 Å². The Morgan fingerprint density at radius 3 is 1.48 bits per heavy atom. The van der Waals surface area contributed by atoms with E-state index < -0.39 is 20.4 Å². The number of benzene rings is 6. The first-order chi connectivity index (χ1) is 21.5. The van der Waals surface area contributed by atoms with Crippen LogP contribution in [0.1, 0.15) is 23.0 Å². The van der Waals surface area contributed by atoms with Crippen LogP contribution in [0.25, 0.3) is 43.8 Å². The summed E-state index contributed by atoms with van der Waals surface area (Å²) < 4.78 is 45.4. The van der Waals surface area contributed by atoms with Gasteiger partial charge in [0.25, 0.3) is 0 Å². The molecular weight excluding hydrogens is 575 g/mol. The lowest BCUT2D eigenvalue weighted by atomic mass is 9.81. The summed E-state index contributed by atoms with van der Waals surface area (Å²) in [5.74, 6) is 0.914. The van der Waals surface area contributed by atoms with Crippen LogP contribution in [0.4, 0.5) is 0 Å². The number of phosphoric acid groups is 1. The summed E-state index contributed by atoms with van der Waals surface area (Å²) in [7, 11) is -4.76. The predicted octanol–water partition coefficient (Wildman–Crippen LogP) is 8.53. The van der Waals surface area contributed by atoms with Gasteiger partial charge in [0.05, 0.1) is 11.8 Å². The highest BCUT2D eigenvalue weighted by atomic mass is 31.2. The quantitative estimate of drug-likeness (QED) is 0.200. The van der Waals surface area contributed by atoms with Gasteiger partial charge >= 0.3 is 7.82 Å². The molecule has 6 aromatic carbocycles. The van der Waals surface area contributed by atoms with Gasteiger partial charge in [-0.3, -0.25) is 4.89 Å². The molecule has 4 atom stereocenters. The van der Waals surface area contributed by atoms with Gasteiger partial charge in [0.1, 0.15) is 23.0 Å². The zero-order valence-electron chi connectivity index (χ0n) is 23.0. The number of rotatable bonds is 2. The number of fused-ring (bicyclic) bond motifs is 2. The van der Waals surface area contributed by atoms with Crippen molar-refractivity contribution in [3.63, 3.8) is 0 Å². The third-order valence-corrected chi connectivity index (χ3v) is 10.1. The summed E-state index contributed by atoms with van der Waals surface area (Å²) >= 11 is 0. The van der Waals surface area contributed by atoms with Crippen molar-refractivity contribution in [2.45, 2.75) is 24.4 Å². The monoisotopic (exact) mass is 598 g/mol. The third kappa shape index (κ3) is 3.32. The molecule has 1 saturated heterocycles. The average molecular weight is 599 g/mol. The maximum absolute atomic E-state index is 14.1. The second kappa shape index (κ2) is 8.64. The maximum Gasteiger partial charge on any atom is 0.584 e. The molecule has 4 heterocycles. The van der Waals surface area contributed by atoms with E-state index in [1.807, 2.05) is 109 Å². The molecule has 10 rings (SSSR count). The van der Waals surface area contributed by atoms with E-state index in [9.17, 15) is 9.46 Å². The van der Waals surface area contributed by atoms with E-state index >= 15 is 0 Å². The molecule has 0 unspecified atom stereocenters. The molecule has 4 aliphatic heterocycles. The molecule has 1 N–H and O–H groups in total. The summed E-state index contributed by atoms with van der Waals surface area (Å²) in [4.78, 5) is 11.5. The Bertz CT molecular complexity index is 2100. The van der Waals surface area contributed by atoms with Crippen LogP contribution in [0.5, 0.6) is 23.0 Å². The fourth-order valence-electron chi connectivity index (χ4n) is 7.51. The van der Waals surface area contributed by atoms with Crippen LogP contribution in [-0.4, -0.2) is 17.5 Å². The lowest BCUT2D eigenvalue weighted by Gasteiger charge is -2.21. The van der Waals surface area contributed by atoms with Crippen LogP contribution in [0.3, 0.4) is 0 Å². The van der Waals surface area contributed by atoms with E-state index in [0.29, 0.717) is 33.8 Å². The fourth-order valence-corrected chi connectivity index (χ4v) is 8.41. The molecule has 0 radical (unpaired) electrons. The smallest absolute Gasteiger partial charge is 0.464 e. The Morgan fingerprint density at radius 1 is 0.523 bits per heavy atom. The predicted molar refractivity (Wildman–Crippen MR) is 165 cm³/mol. The Kier molecular flexibility index (Phi) is 4.83. The first-order valence-electron chi connectivity index (χ1n) is 14.5. The molecule has 0 aliphatic carbocycles. The molecule has 8 heteroatoms. The Hall–Kier alpha value is -4.81. The van der Waals surface area contributed by atoms with Gasteiger partial charge < -0.3 is 23.3 Å². The molecular formula is C36H23O7P. The number of hydrogen-bond donors (Lipinski definition) is 1. The lowest BCUT2D eigenvalue weighted by Crippen LogP contribution is -2.19. The van der Waals surface area contributed by atoms with Gasteiger partial charge in [0.15, 0.2) is 0 Å². The standard InChI is InChI=1S/C36H23O7P/c37-44(38)42-33-25(23-13-5-9-19-7-1-3-11-21(19)23)15-17-27-29(33)31-32-30-28(40-36(32)41-35(31)39-27)18-16-26(34(30)43-44)24-14-6-10-20-8-2-4-12-22(20)24/h1-18,31-32,35-36H,(H,37,38)/t31-,32-,35+,36+/m1/s1. The minimum atomic E-state index is -4.76. The van der Waals surface area contributed by atoms with E-state index in [1.165, 1.54) is 0 Å². The van der Waals surface area contributed by atoms with Crippen molar-refractivity contribution in [3.05, 3.63) is 120 Å². The molecule has 6 aromatic rings. The zero-order chi connectivity index (χ0) is 29.2. The van der Waals surface area contributed by atoms with E-state index in [0.717, 1.165) is 32.7 Å². The highest BCUT2D eigenvalue weighted by Crippen LogP contribution is 2.67. The lowest BCUT2D eigenvalue weighted by molar-refractivity contribution is -0.132. The first kappa shape index (κ1) is 24.6. The van der Waals surface area contributed by atoms with Gasteiger partial charge in [0.2, 0.25) is 12.6 Å². The minimum Gasteiger partial charge on any atom is -0.464 e. The molecule has 0 spiro atoms. The zero-order valence-corrected chi connectivity index (χ0v) is 23.9. The van der Waals surface area contributed by atoms with Crippen LogP contribution in [0, 0.1) is 0 Å². The Balaban J connectivity index is 1.24. The van der Waals surface area contributed by atoms with E-state index in [4.69, 9.17) is 23.3 Å². The summed E-state index contributed by atoms with van der Waals surface area (Å²) in [5, 5.41) is 4.08. The highest BCUT2D eigenvalue weighted by Gasteiger charge is 2.60. The number of ether oxygens (including phenoxy) is 3. The molecule has 0 amide bonds. The van der Waals surface area contributed by atoms with Crippen LogP contribution in [0.15, 0.2) is 109 Å². The SMILES string of the molecule is O=P1(O)Oc2c(-c3cccc4ccccc34)ccc3c2[C@H]2[C@@H](O3)O[C@@H]3Oc4ccc(-c5cccc6ccccc56)c(c4[C@@H]32)O1. The summed E-state index contributed by atoms with van der Waals surface area (Å²) in [6, 6.07) is 35.6.